The number of hydrogen-bond acceptors (Lipinski definition) is 4. The summed E-state index contributed by atoms with van der Waals surface area (Å²) in [6.45, 7) is 1.96. The quantitative estimate of drug-likeness (QED) is 0.559. The average Bonchev–Trinajstić information content (AvgIpc) is 2.74. The third kappa shape index (κ3) is 6.08. The Kier molecular flexibility index (Phi) is 7.68. The molecule has 1 N–H and O–H groups in total. The van der Waals surface area contributed by atoms with Gasteiger partial charge in [0.2, 0.25) is 0 Å². The van der Waals surface area contributed by atoms with Crippen LogP contribution in [0.2, 0.25) is 0 Å². The van der Waals surface area contributed by atoms with E-state index in [-0.39, 0.29) is 0 Å². The number of hydrogen-bond donors (Lipinski definition) is 1. The Balaban J connectivity index is 1.78. The van der Waals surface area contributed by atoms with Crippen LogP contribution in [0.5, 0.6) is 11.5 Å². The summed E-state index contributed by atoms with van der Waals surface area (Å²) in [6.07, 6.45) is 0.166. The molecule has 4 heteroatoms. The van der Waals surface area contributed by atoms with Crippen LogP contribution in [0.15, 0.2) is 78.9 Å². The van der Waals surface area contributed by atoms with Crippen molar-refractivity contribution < 1.29 is 14.6 Å². The van der Waals surface area contributed by atoms with Gasteiger partial charge in [-0.05, 0) is 23.6 Å². The van der Waals surface area contributed by atoms with E-state index < -0.39 is 6.10 Å². The van der Waals surface area contributed by atoms with Crippen LogP contribution in [-0.2, 0) is 19.5 Å². The Morgan fingerprint density at radius 1 is 0.759 bits per heavy atom. The fraction of sp³-hybridized carbons (Fsp3) is 0.280. The van der Waals surface area contributed by atoms with Crippen molar-refractivity contribution in [3.8, 4) is 11.5 Å². The van der Waals surface area contributed by atoms with Gasteiger partial charge >= 0.3 is 0 Å². The van der Waals surface area contributed by atoms with Crippen LogP contribution in [0.4, 0.5) is 0 Å². The highest BCUT2D eigenvalue weighted by Crippen LogP contribution is 2.31. The molecule has 152 valence electrons. The normalized spacial score (nSPS) is 12.0. The molecule has 0 aromatic heterocycles. The monoisotopic (exact) mass is 391 g/mol. The first-order valence-electron chi connectivity index (χ1n) is 9.87. The molecule has 0 bridgehead atoms. The maximum absolute atomic E-state index is 10.8. The van der Waals surface area contributed by atoms with E-state index in [1.54, 1.807) is 14.2 Å². The lowest BCUT2D eigenvalue weighted by molar-refractivity contribution is 0.104. The Labute approximate surface area is 173 Å². The number of nitrogens with zero attached hydrogens (tertiary/aromatic N) is 1. The molecule has 0 aliphatic heterocycles. The lowest BCUT2D eigenvalue weighted by Crippen LogP contribution is -2.33. The number of para-hydroxylation sites is 1. The third-order valence-electron chi connectivity index (χ3n) is 4.91. The molecule has 1 atom stereocenters. The van der Waals surface area contributed by atoms with Crippen LogP contribution in [0.1, 0.15) is 16.7 Å². The maximum Gasteiger partial charge on any atom is 0.165 e. The van der Waals surface area contributed by atoms with Crippen molar-refractivity contribution in [1.29, 1.82) is 0 Å². The van der Waals surface area contributed by atoms with Crippen molar-refractivity contribution in [2.45, 2.75) is 25.6 Å². The van der Waals surface area contributed by atoms with Gasteiger partial charge in [-0.25, -0.2) is 0 Å². The molecule has 0 fully saturated rings. The molecule has 0 unspecified atom stereocenters. The van der Waals surface area contributed by atoms with Crippen LogP contribution in [-0.4, -0.2) is 36.9 Å². The van der Waals surface area contributed by atoms with Gasteiger partial charge in [-0.1, -0.05) is 72.8 Å². The number of methoxy groups -OCH3 is 2. The summed E-state index contributed by atoms with van der Waals surface area (Å²) in [4.78, 5) is 2.25. The highest BCUT2D eigenvalue weighted by Gasteiger charge is 2.17. The van der Waals surface area contributed by atoms with Crippen molar-refractivity contribution in [1.82, 2.24) is 4.90 Å². The largest absolute Gasteiger partial charge is 0.493 e. The fourth-order valence-electron chi connectivity index (χ4n) is 3.59. The average molecular weight is 392 g/mol. The Bertz CT molecular complexity index is 868. The van der Waals surface area contributed by atoms with Gasteiger partial charge < -0.3 is 14.6 Å². The molecular formula is C25H29NO3. The molecule has 4 nitrogen and oxygen atoms in total. The van der Waals surface area contributed by atoms with E-state index in [9.17, 15) is 5.11 Å². The van der Waals surface area contributed by atoms with Gasteiger partial charge in [0.05, 0.1) is 20.3 Å². The van der Waals surface area contributed by atoms with Crippen LogP contribution in [0.3, 0.4) is 0 Å². The zero-order valence-corrected chi connectivity index (χ0v) is 17.1. The Morgan fingerprint density at radius 2 is 1.41 bits per heavy atom. The van der Waals surface area contributed by atoms with E-state index in [2.05, 4.69) is 29.2 Å². The first-order valence-corrected chi connectivity index (χ1v) is 9.87. The number of aliphatic hydroxyl groups is 1. The van der Waals surface area contributed by atoms with E-state index in [0.717, 1.165) is 29.2 Å². The summed E-state index contributed by atoms with van der Waals surface area (Å²) in [5.41, 5.74) is 3.38. The molecule has 0 amide bonds. The molecule has 0 heterocycles. The minimum atomic E-state index is -0.460. The number of benzene rings is 3. The minimum absolute atomic E-state index is 0.460. The molecule has 0 aliphatic carbocycles. The third-order valence-corrected chi connectivity index (χ3v) is 4.91. The molecule has 0 aliphatic rings. The van der Waals surface area contributed by atoms with Crippen LogP contribution in [0.25, 0.3) is 0 Å². The molecule has 3 rings (SSSR count). The second-order valence-electron chi connectivity index (χ2n) is 7.15. The van der Waals surface area contributed by atoms with Gasteiger partial charge in [0.25, 0.3) is 0 Å². The summed E-state index contributed by atoms with van der Waals surface area (Å²) in [6, 6.07) is 26.3. The van der Waals surface area contributed by atoms with Crippen molar-refractivity contribution in [2.24, 2.45) is 0 Å². The smallest absolute Gasteiger partial charge is 0.165 e. The van der Waals surface area contributed by atoms with Gasteiger partial charge in [-0.2, -0.15) is 0 Å². The highest BCUT2D eigenvalue weighted by molar-refractivity contribution is 5.46. The molecule has 0 radical (unpaired) electrons. The van der Waals surface area contributed by atoms with Crippen molar-refractivity contribution in [3.05, 3.63) is 95.6 Å². The number of rotatable bonds is 10. The predicted molar refractivity (Wildman–Crippen MR) is 116 cm³/mol. The summed E-state index contributed by atoms with van der Waals surface area (Å²) >= 11 is 0. The maximum atomic E-state index is 10.8. The summed E-state index contributed by atoms with van der Waals surface area (Å²) in [7, 11) is 3.31. The number of ether oxygens (including phenoxy) is 2. The van der Waals surface area contributed by atoms with E-state index in [1.165, 1.54) is 5.56 Å². The SMILES string of the molecule is COc1cccc(CN(Cc2ccccc2)C[C@H](O)Cc2ccccc2)c1OC. The molecule has 3 aromatic carbocycles. The lowest BCUT2D eigenvalue weighted by atomic mass is 10.1. The fourth-order valence-corrected chi connectivity index (χ4v) is 3.59. The molecular weight excluding hydrogens is 362 g/mol. The second-order valence-corrected chi connectivity index (χ2v) is 7.15. The molecule has 3 aromatic rings. The van der Waals surface area contributed by atoms with Crippen molar-refractivity contribution in [2.75, 3.05) is 20.8 Å². The van der Waals surface area contributed by atoms with Gasteiger partial charge in [0.1, 0.15) is 0 Å². The second kappa shape index (κ2) is 10.6. The predicted octanol–water partition coefficient (Wildman–Crippen LogP) is 4.31. The summed E-state index contributed by atoms with van der Waals surface area (Å²) in [5.74, 6) is 1.46. The Hall–Kier alpha value is -2.82. The first-order chi connectivity index (χ1) is 14.2. The van der Waals surface area contributed by atoms with Gasteiger partial charge in [0.15, 0.2) is 11.5 Å². The zero-order valence-electron chi connectivity index (χ0n) is 17.1. The van der Waals surface area contributed by atoms with E-state index in [0.29, 0.717) is 19.5 Å². The van der Waals surface area contributed by atoms with Gasteiger partial charge in [-0.3, -0.25) is 4.90 Å². The van der Waals surface area contributed by atoms with E-state index >= 15 is 0 Å². The standard InChI is InChI=1S/C25H29NO3/c1-28-24-15-9-14-22(25(24)29-2)18-26(17-21-12-7-4-8-13-21)19-23(27)16-20-10-5-3-6-11-20/h3-15,23,27H,16-19H2,1-2H3/t23-/m1/s1. The van der Waals surface area contributed by atoms with Crippen LogP contribution >= 0.6 is 0 Å². The van der Waals surface area contributed by atoms with Crippen molar-refractivity contribution >= 4 is 0 Å². The minimum Gasteiger partial charge on any atom is -0.493 e. The number of aliphatic hydroxyl groups excluding tert-OH is 1. The molecule has 0 spiro atoms. The van der Waals surface area contributed by atoms with Crippen LogP contribution in [0, 0.1) is 0 Å². The summed E-state index contributed by atoms with van der Waals surface area (Å²) in [5, 5.41) is 10.8. The highest BCUT2D eigenvalue weighted by atomic mass is 16.5. The van der Waals surface area contributed by atoms with E-state index in [4.69, 9.17) is 9.47 Å². The van der Waals surface area contributed by atoms with Gasteiger partial charge in [0, 0.05) is 25.2 Å². The lowest BCUT2D eigenvalue weighted by Gasteiger charge is -2.26. The topological polar surface area (TPSA) is 41.9 Å². The van der Waals surface area contributed by atoms with Crippen LogP contribution < -0.4 is 9.47 Å². The van der Waals surface area contributed by atoms with Gasteiger partial charge in [-0.15, -0.1) is 0 Å². The zero-order chi connectivity index (χ0) is 20.5. The summed E-state index contributed by atoms with van der Waals surface area (Å²) < 4.78 is 11.0. The Morgan fingerprint density at radius 3 is 2.03 bits per heavy atom. The first kappa shape index (κ1) is 20.9. The molecule has 0 saturated carbocycles. The molecule has 29 heavy (non-hydrogen) atoms. The molecule has 0 saturated heterocycles. The van der Waals surface area contributed by atoms with Crippen molar-refractivity contribution in [3.63, 3.8) is 0 Å². The van der Waals surface area contributed by atoms with E-state index in [1.807, 2.05) is 54.6 Å².